The second kappa shape index (κ2) is 9.05. The third kappa shape index (κ3) is 4.35. The van der Waals surface area contributed by atoms with Gasteiger partial charge in [-0.3, -0.25) is 4.79 Å². The van der Waals surface area contributed by atoms with Gasteiger partial charge in [0.15, 0.2) is 11.6 Å². The highest BCUT2D eigenvalue weighted by molar-refractivity contribution is 7.89. The van der Waals surface area contributed by atoms with Crippen molar-refractivity contribution in [2.45, 2.75) is 11.8 Å². The van der Waals surface area contributed by atoms with Crippen molar-refractivity contribution in [2.24, 2.45) is 0 Å². The number of benzene rings is 2. The summed E-state index contributed by atoms with van der Waals surface area (Å²) in [6, 6.07) is 17.5. The molecule has 8 nitrogen and oxygen atoms in total. The minimum Gasteiger partial charge on any atom is -0.496 e. The van der Waals surface area contributed by atoms with Gasteiger partial charge in [-0.2, -0.15) is 4.31 Å². The molecule has 9 heteroatoms. The fourth-order valence-electron chi connectivity index (χ4n) is 3.66. The van der Waals surface area contributed by atoms with Crippen molar-refractivity contribution in [2.75, 3.05) is 38.2 Å². The van der Waals surface area contributed by atoms with Gasteiger partial charge >= 0.3 is 0 Å². The van der Waals surface area contributed by atoms with E-state index in [0.717, 1.165) is 11.3 Å². The summed E-state index contributed by atoms with van der Waals surface area (Å²) in [5, 5.41) is 8.69. The molecule has 4 rings (SSSR count). The van der Waals surface area contributed by atoms with Gasteiger partial charge in [-0.1, -0.05) is 24.3 Å². The van der Waals surface area contributed by atoms with Gasteiger partial charge in [-0.15, -0.1) is 10.2 Å². The number of ketones is 1. The molecule has 166 valence electrons. The minimum atomic E-state index is -3.62. The molecule has 0 atom stereocenters. The van der Waals surface area contributed by atoms with E-state index in [-0.39, 0.29) is 10.7 Å². The number of carbonyl (C=O) groups is 1. The topological polar surface area (TPSA) is 92.7 Å². The Bertz CT molecular complexity index is 1200. The minimum absolute atomic E-state index is 0.0969. The molecule has 0 radical (unpaired) electrons. The Morgan fingerprint density at radius 1 is 0.906 bits per heavy atom. The molecule has 0 bridgehead atoms. The van der Waals surface area contributed by atoms with Crippen LogP contribution < -0.4 is 9.64 Å². The number of sulfonamides is 1. The van der Waals surface area contributed by atoms with Gasteiger partial charge in [0.25, 0.3) is 0 Å². The summed E-state index contributed by atoms with van der Waals surface area (Å²) in [4.78, 5) is 13.6. The van der Waals surface area contributed by atoms with Crippen LogP contribution in [0.1, 0.15) is 17.3 Å². The molecule has 3 aromatic rings. The van der Waals surface area contributed by atoms with Crippen LogP contribution in [0.15, 0.2) is 65.6 Å². The molecule has 32 heavy (non-hydrogen) atoms. The second-order valence-electron chi connectivity index (χ2n) is 7.45. The van der Waals surface area contributed by atoms with Gasteiger partial charge in [-0.25, -0.2) is 8.42 Å². The van der Waals surface area contributed by atoms with Crippen molar-refractivity contribution in [3.8, 4) is 17.0 Å². The summed E-state index contributed by atoms with van der Waals surface area (Å²) >= 11 is 0. The summed E-state index contributed by atoms with van der Waals surface area (Å²) in [5.41, 5.74) is 2.06. The number of ether oxygens (including phenoxy) is 1. The third-order valence-corrected chi connectivity index (χ3v) is 7.41. The molecule has 1 aliphatic heterocycles. The molecule has 1 saturated heterocycles. The largest absolute Gasteiger partial charge is 0.496 e. The SMILES string of the molecule is COc1ccccc1-c1ccc(N2CCN(S(=O)(=O)c3ccc(C(C)=O)cc3)CC2)nn1. The van der Waals surface area contributed by atoms with Crippen molar-refractivity contribution in [3.63, 3.8) is 0 Å². The van der Waals surface area contributed by atoms with E-state index in [1.807, 2.05) is 41.3 Å². The second-order valence-corrected chi connectivity index (χ2v) is 9.39. The lowest BCUT2D eigenvalue weighted by atomic mass is 10.1. The van der Waals surface area contributed by atoms with Crippen LogP contribution in [-0.4, -0.2) is 62.0 Å². The van der Waals surface area contributed by atoms with Gasteiger partial charge in [-0.05, 0) is 43.3 Å². The molecule has 0 aliphatic carbocycles. The Morgan fingerprint density at radius 3 is 2.19 bits per heavy atom. The van der Waals surface area contributed by atoms with Crippen molar-refractivity contribution < 1.29 is 17.9 Å². The number of Topliss-reactive ketones (excluding diaryl/α,β-unsaturated/α-hetero) is 1. The van der Waals surface area contributed by atoms with Crippen LogP contribution in [0.2, 0.25) is 0 Å². The van der Waals surface area contributed by atoms with E-state index in [1.54, 1.807) is 19.2 Å². The van der Waals surface area contributed by atoms with E-state index in [2.05, 4.69) is 10.2 Å². The Balaban J connectivity index is 1.44. The summed E-state index contributed by atoms with van der Waals surface area (Å²) in [7, 11) is -2.00. The van der Waals surface area contributed by atoms with Crippen LogP contribution in [0.5, 0.6) is 5.75 Å². The zero-order valence-electron chi connectivity index (χ0n) is 17.9. The highest BCUT2D eigenvalue weighted by Crippen LogP contribution is 2.28. The Hall–Kier alpha value is -3.30. The number of nitrogens with zero attached hydrogens (tertiary/aromatic N) is 4. The van der Waals surface area contributed by atoms with Crippen LogP contribution in [0.3, 0.4) is 0 Å². The van der Waals surface area contributed by atoms with Crippen molar-refractivity contribution in [1.29, 1.82) is 0 Å². The zero-order valence-corrected chi connectivity index (χ0v) is 18.7. The Kier molecular flexibility index (Phi) is 6.20. The monoisotopic (exact) mass is 452 g/mol. The smallest absolute Gasteiger partial charge is 0.243 e. The fraction of sp³-hybridized carbons (Fsp3) is 0.261. The molecule has 1 aromatic heterocycles. The maximum absolute atomic E-state index is 13.0. The van der Waals surface area contributed by atoms with Crippen LogP contribution in [0, 0.1) is 0 Å². The van der Waals surface area contributed by atoms with Crippen molar-refractivity contribution in [3.05, 3.63) is 66.2 Å². The molecule has 0 unspecified atom stereocenters. The first-order valence-corrected chi connectivity index (χ1v) is 11.7. The number of hydrogen-bond acceptors (Lipinski definition) is 7. The van der Waals surface area contributed by atoms with E-state index in [0.29, 0.717) is 43.3 Å². The van der Waals surface area contributed by atoms with E-state index in [4.69, 9.17) is 4.74 Å². The van der Waals surface area contributed by atoms with Crippen LogP contribution in [0.4, 0.5) is 5.82 Å². The maximum atomic E-state index is 13.0. The Morgan fingerprint density at radius 2 is 1.59 bits per heavy atom. The van der Waals surface area contributed by atoms with Crippen LogP contribution in [0.25, 0.3) is 11.3 Å². The number of piperazine rings is 1. The van der Waals surface area contributed by atoms with Gasteiger partial charge < -0.3 is 9.64 Å². The first-order chi connectivity index (χ1) is 15.4. The molecule has 1 aliphatic rings. The van der Waals surface area contributed by atoms with E-state index in [9.17, 15) is 13.2 Å². The van der Waals surface area contributed by atoms with Crippen molar-refractivity contribution in [1.82, 2.24) is 14.5 Å². The number of para-hydroxylation sites is 1. The average Bonchev–Trinajstić information content (AvgIpc) is 2.84. The summed E-state index contributed by atoms with van der Waals surface area (Å²) in [5.74, 6) is 1.33. The summed E-state index contributed by atoms with van der Waals surface area (Å²) < 4.78 is 32.8. The summed E-state index contributed by atoms with van der Waals surface area (Å²) in [6.07, 6.45) is 0. The number of methoxy groups -OCH3 is 1. The molecular weight excluding hydrogens is 428 g/mol. The van der Waals surface area contributed by atoms with E-state index in [1.165, 1.54) is 23.4 Å². The molecule has 2 aromatic carbocycles. The molecule has 0 spiro atoms. The standard InChI is InChI=1S/C23H24N4O4S/c1-17(28)18-7-9-19(10-8-18)32(29,30)27-15-13-26(14-16-27)23-12-11-21(24-25-23)20-5-3-4-6-22(20)31-2/h3-12H,13-16H2,1-2H3. The maximum Gasteiger partial charge on any atom is 0.243 e. The van der Waals surface area contributed by atoms with Crippen LogP contribution >= 0.6 is 0 Å². The van der Waals surface area contributed by atoms with Gasteiger partial charge in [0.05, 0.1) is 17.7 Å². The zero-order chi connectivity index (χ0) is 22.7. The van der Waals surface area contributed by atoms with E-state index >= 15 is 0 Å². The fourth-order valence-corrected chi connectivity index (χ4v) is 5.08. The first kappa shape index (κ1) is 21.9. The lowest BCUT2D eigenvalue weighted by molar-refractivity contribution is 0.101. The van der Waals surface area contributed by atoms with Crippen molar-refractivity contribution >= 4 is 21.6 Å². The molecule has 0 N–H and O–H groups in total. The number of aromatic nitrogens is 2. The van der Waals surface area contributed by atoms with Gasteiger partial charge in [0.2, 0.25) is 10.0 Å². The number of rotatable bonds is 6. The molecule has 2 heterocycles. The quantitative estimate of drug-likeness (QED) is 0.531. The molecular formula is C23H24N4O4S. The average molecular weight is 453 g/mol. The van der Waals surface area contributed by atoms with E-state index < -0.39 is 10.0 Å². The molecule has 0 saturated carbocycles. The number of hydrogen-bond donors (Lipinski definition) is 0. The molecule has 1 fully saturated rings. The normalized spacial score (nSPS) is 14.9. The first-order valence-electron chi connectivity index (χ1n) is 10.2. The molecule has 0 amide bonds. The highest BCUT2D eigenvalue weighted by atomic mass is 32.2. The predicted octanol–water partition coefficient (Wildman–Crippen LogP) is 2.87. The summed E-state index contributed by atoms with van der Waals surface area (Å²) in [6.45, 7) is 3.15. The lowest BCUT2D eigenvalue weighted by Crippen LogP contribution is -2.49. The predicted molar refractivity (Wildman–Crippen MR) is 121 cm³/mol. The van der Waals surface area contributed by atoms with Gasteiger partial charge in [0, 0.05) is 37.3 Å². The lowest BCUT2D eigenvalue weighted by Gasteiger charge is -2.34. The number of anilines is 1. The number of carbonyl (C=O) groups excluding carboxylic acids is 1. The Labute approximate surface area is 187 Å². The van der Waals surface area contributed by atoms with Crippen LogP contribution in [-0.2, 0) is 10.0 Å². The van der Waals surface area contributed by atoms with Gasteiger partial charge in [0.1, 0.15) is 5.75 Å². The third-order valence-electron chi connectivity index (χ3n) is 5.49. The highest BCUT2D eigenvalue weighted by Gasteiger charge is 2.29.